The van der Waals surface area contributed by atoms with Crippen molar-refractivity contribution in [2.75, 3.05) is 6.61 Å². The van der Waals surface area contributed by atoms with Gasteiger partial charge in [-0.25, -0.2) is 4.39 Å². The van der Waals surface area contributed by atoms with Gasteiger partial charge in [-0.3, -0.25) is 19.4 Å². The summed E-state index contributed by atoms with van der Waals surface area (Å²) in [5.41, 5.74) is 6.38. The van der Waals surface area contributed by atoms with Gasteiger partial charge < -0.3 is 9.72 Å². The van der Waals surface area contributed by atoms with E-state index in [1.807, 2.05) is 49.6 Å². The second-order valence-corrected chi connectivity index (χ2v) is 9.08. The summed E-state index contributed by atoms with van der Waals surface area (Å²) in [6.07, 6.45) is 7.27. The van der Waals surface area contributed by atoms with Crippen LogP contribution in [0, 0.1) is 5.82 Å². The number of carbonyl (C=O) groups is 1. The highest BCUT2D eigenvalue weighted by molar-refractivity contribution is 6.14. The van der Waals surface area contributed by atoms with Crippen molar-refractivity contribution < 1.29 is 13.9 Å². The molecule has 1 N–H and O–H groups in total. The minimum atomic E-state index is -0.297. The number of nitrogens with zero attached hydrogens (tertiary/aromatic N) is 4. The molecule has 0 aliphatic heterocycles. The molecule has 0 unspecified atom stereocenters. The molecule has 0 saturated heterocycles. The first kappa shape index (κ1) is 23.7. The number of hydrogen-bond acceptors (Lipinski definition) is 5. The third-order valence-corrected chi connectivity index (χ3v) is 6.56. The number of H-pyrrole nitrogens is 1. The van der Waals surface area contributed by atoms with E-state index in [0.717, 1.165) is 49.8 Å². The number of aromatic amines is 1. The van der Waals surface area contributed by atoms with Crippen molar-refractivity contribution in [3.8, 4) is 22.4 Å². The second kappa shape index (κ2) is 9.99. The molecular weight excluding hydrogens is 481 g/mol. The molecule has 4 aromatic heterocycles. The molecule has 6 rings (SSSR count). The third kappa shape index (κ3) is 4.46. The van der Waals surface area contributed by atoms with Gasteiger partial charge in [0, 0.05) is 71.2 Å². The Labute approximate surface area is 217 Å². The van der Waals surface area contributed by atoms with Crippen molar-refractivity contribution in [2.24, 2.45) is 7.05 Å². The number of ether oxygens (including phenoxy) is 1. The Morgan fingerprint density at radius 1 is 1.00 bits per heavy atom. The smallest absolute Gasteiger partial charge is 0.185 e. The van der Waals surface area contributed by atoms with Gasteiger partial charge in [-0.1, -0.05) is 18.2 Å². The SMILES string of the molecule is Cn1cc(-c2ccncc2COCCC(=O)c2nccc3c2[nH]c2ccccc23)c(-c2ccc(F)cc2)n1. The molecule has 8 heteroatoms. The lowest BCUT2D eigenvalue weighted by Crippen LogP contribution is -2.08. The van der Waals surface area contributed by atoms with E-state index < -0.39 is 0 Å². The Morgan fingerprint density at radius 2 is 1.84 bits per heavy atom. The van der Waals surface area contributed by atoms with E-state index in [4.69, 9.17) is 4.74 Å². The van der Waals surface area contributed by atoms with Crippen LogP contribution in [0.1, 0.15) is 22.5 Å². The van der Waals surface area contributed by atoms with Crippen molar-refractivity contribution in [2.45, 2.75) is 13.0 Å². The highest BCUT2D eigenvalue weighted by Crippen LogP contribution is 2.33. The molecule has 0 bridgehead atoms. The fourth-order valence-corrected chi connectivity index (χ4v) is 4.76. The zero-order valence-electron chi connectivity index (χ0n) is 20.7. The molecule has 0 saturated carbocycles. The quantitative estimate of drug-likeness (QED) is 0.199. The van der Waals surface area contributed by atoms with Crippen molar-refractivity contribution in [3.63, 3.8) is 0 Å². The van der Waals surface area contributed by atoms with E-state index in [-0.39, 0.29) is 31.2 Å². The molecule has 0 amide bonds. The maximum Gasteiger partial charge on any atom is 0.185 e. The zero-order valence-corrected chi connectivity index (χ0v) is 20.7. The van der Waals surface area contributed by atoms with Crippen LogP contribution in [0.2, 0.25) is 0 Å². The highest BCUT2D eigenvalue weighted by Gasteiger charge is 2.17. The van der Waals surface area contributed by atoms with Crippen molar-refractivity contribution in [1.82, 2.24) is 24.7 Å². The van der Waals surface area contributed by atoms with Gasteiger partial charge in [-0.05, 0) is 48.0 Å². The van der Waals surface area contributed by atoms with Gasteiger partial charge in [0.2, 0.25) is 0 Å². The minimum absolute atomic E-state index is 0.0839. The number of benzene rings is 2. The Balaban J connectivity index is 1.18. The summed E-state index contributed by atoms with van der Waals surface area (Å²) < 4.78 is 21.1. The van der Waals surface area contributed by atoms with Gasteiger partial charge in [-0.15, -0.1) is 0 Å². The first-order chi connectivity index (χ1) is 18.6. The van der Waals surface area contributed by atoms with Crippen molar-refractivity contribution in [3.05, 3.63) is 103 Å². The van der Waals surface area contributed by atoms with Gasteiger partial charge in [0.1, 0.15) is 17.2 Å². The molecular formula is C30H24FN5O2. The van der Waals surface area contributed by atoms with Crippen LogP contribution in [0.25, 0.3) is 44.2 Å². The normalized spacial score (nSPS) is 11.4. The van der Waals surface area contributed by atoms with Crippen LogP contribution >= 0.6 is 0 Å². The molecule has 0 aliphatic rings. The molecule has 0 fully saturated rings. The predicted molar refractivity (Wildman–Crippen MR) is 144 cm³/mol. The summed E-state index contributed by atoms with van der Waals surface area (Å²) in [6.45, 7) is 0.515. The monoisotopic (exact) mass is 505 g/mol. The van der Waals surface area contributed by atoms with Crippen LogP contribution in [0.3, 0.4) is 0 Å². The number of ketones is 1. The summed E-state index contributed by atoms with van der Waals surface area (Å²) in [5.74, 6) is -0.380. The van der Waals surface area contributed by atoms with E-state index in [2.05, 4.69) is 20.1 Å². The number of pyridine rings is 2. The van der Waals surface area contributed by atoms with E-state index in [0.29, 0.717) is 5.69 Å². The van der Waals surface area contributed by atoms with Crippen LogP contribution in [-0.4, -0.2) is 37.1 Å². The maximum absolute atomic E-state index is 13.5. The lowest BCUT2D eigenvalue weighted by atomic mass is 9.99. The largest absolute Gasteiger partial charge is 0.376 e. The second-order valence-electron chi connectivity index (χ2n) is 9.08. The van der Waals surface area contributed by atoms with Gasteiger partial charge >= 0.3 is 0 Å². The number of aryl methyl sites for hydroxylation is 1. The number of rotatable bonds is 8. The van der Waals surface area contributed by atoms with E-state index in [1.165, 1.54) is 12.1 Å². The summed E-state index contributed by atoms with van der Waals surface area (Å²) in [6, 6.07) is 18.1. The number of Topliss-reactive ketones (excluding diaryl/α,β-unsaturated/α-hetero) is 1. The third-order valence-electron chi connectivity index (χ3n) is 6.56. The molecule has 4 heterocycles. The van der Waals surface area contributed by atoms with E-state index in [1.54, 1.807) is 35.4 Å². The topological polar surface area (TPSA) is 85.7 Å². The van der Waals surface area contributed by atoms with Gasteiger partial charge in [0.05, 0.1) is 18.7 Å². The first-order valence-corrected chi connectivity index (χ1v) is 12.3. The van der Waals surface area contributed by atoms with E-state index >= 15 is 0 Å². The Hall–Kier alpha value is -4.69. The summed E-state index contributed by atoms with van der Waals surface area (Å²) in [4.78, 5) is 25.0. The number of halogens is 1. The van der Waals surface area contributed by atoms with Crippen molar-refractivity contribution >= 4 is 27.6 Å². The van der Waals surface area contributed by atoms with Crippen LogP contribution in [-0.2, 0) is 18.4 Å². The Morgan fingerprint density at radius 3 is 2.71 bits per heavy atom. The molecule has 6 aromatic rings. The molecule has 0 aliphatic carbocycles. The maximum atomic E-state index is 13.5. The van der Waals surface area contributed by atoms with Crippen LogP contribution in [0.5, 0.6) is 0 Å². The lowest BCUT2D eigenvalue weighted by molar-refractivity contribution is 0.0846. The lowest BCUT2D eigenvalue weighted by Gasteiger charge is -2.10. The average molecular weight is 506 g/mol. The molecule has 0 spiro atoms. The Kier molecular flexibility index (Phi) is 6.23. The molecule has 0 radical (unpaired) electrons. The number of aromatic nitrogens is 5. The average Bonchev–Trinajstić information content (AvgIpc) is 3.52. The zero-order chi connectivity index (χ0) is 26.1. The summed E-state index contributed by atoms with van der Waals surface area (Å²) >= 11 is 0. The number of fused-ring (bicyclic) bond motifs is 3. The Bertz CT molecular complexity index is 1770. The standard InChI is InChI=1S/C30H24FN5O2/c1-36-17-25(28(35-36)19-6-8-21(31)9-7-19)22-10-13-32-16-20(22)18-38-15-12-27(37)30-29-24(11-14-33-30)23-4-2-3-5-26(23)34-29/h2-11,13-14,16-17,34H,12,15,18H2,1H3. The number of carbonyl (C=O) groups excluding carboxylic acids is 1. The minimum Gasteiger partial charge on any atom is -0.376 e. The fourth-order valence-electron chi connectivity index (χ4n) is 4.76. The number of hydrogen-bond donors (Lipinski definition) is 1. The molecule has 0 atom stereocenters. The molecule has 188 valence electrons. The molecule has 2 aromatic carbocycles. The van der Waals surface area contributed by atoms with Crippen LogP contribution in [0.15, 0.2) is 85.5 Å². The highest BCUT2D eigenvalue weighted by atomic mass is 19.1. The molecule has 38 heavy (non-hydrogen) atoms. The molecule has 7 nitrogen and oxygen atoms in total. The van der Waals surface area contributed by atoms with Crippen LogP contribution < -0.4 is 0 Å². The van der Waals surface area contributed by atoms with Crippen molar-refractivity contribution in [1.29, 1.82) is 0 Å². The number of nitrogens with one attached hydrogen (secondary N) is 1. The van der Waals surface area contributed by atoms with E-state index in [9.17, 15) is 9.18 Å². The predicted octanol–water partition coefficient (Wildman–Crippen LogP) is 6.11. The first-order valence-electron chi connectivity index (χ1n) is 12.3. The van der Waals surface area contributed by atoms with Gasteiger partial charge in [0.15, 0.2) is 5.78 Å². The van der Waals surface area contributed by atoms with Crippen LogP contribution in [0.4, 0.5) is 4.39 Å². The summed E-state index contributed by atoms with van der Waals surface area (Å²) in [5, 5.41) is 6.64. The van der Waals surface area contributed by atoms with Gasteiger partial charge in [-0.2, -0.15) is 5.10 Å². The van der Waals surface area contributed by atoms with Gasteiger partial charge in [0.25, 0.3) is 0 Å². The fraction of sp³-hybridized carbons (Fsp3) is 0.133. The summed E-state index contributed by atoms with van der Waals surface area (Å²) in [7, 11) is 1.85. The number of para-hydroxylation sites is 1.